The molecule has 1 unspecified atom stereocenters. The molecule has 2 amide bonds. The number of nitrogens with one attached hydrogen (secondary N) is 2. The van der Waals surface area contributed by atoms with Crippen molar-refractivity contribution in [2.75, 3.05) is 0 Å². The summed E-state index contributed by atoms with van der Waals surface area (Å²) in [7, 11) is 0. The molecule has 0 fully saturated rings. The van der Waals surface area contributed by atoms with Crippen LogP contribution in [0.3, 0.4) is 0 Å². The van der Waals surface area contributed by atoms with Crippen LogP contribution in [0, 0.1) is 19.7 Å². The van der Waals surface area contributed by atoms with Crippen LogP contribution in [0.25, 0.3) is 5.69 Å². The van der Waals surface area contributed by atoms with Crippen molar-refractivity contribution in [3.05, 3.63) is 77.6 Å². The van der Waals surface area contributed by atoms with Gasteiger partial charge in [-0.25, -0.2) is 9.37 Å². The molecule has 3 rings (SSSR count). The smallest absolute Gasteiger partial charge is 0.288 e. The van der Waals surface area contributed by atoms with Crippen LogP contribution in [0.4, 0.5) is 4.39 Å². The number of nitrogens with zero attached hydrogens (tertiary/aromatic N) is 2. The van der Waals surface area contributed by atoms with E-state index in [-0.39, 0.29) is 11.5 Å². The number of halogens is 1. The van der Waals surface area contributed by atoms with Gasteiger partial charge in [0.1, 0.15) is 17.3 Å². The fourth-order valence-corrected chi connectivity index (χ4v) is 2.65. The number of aryl methyl sites for hydroxylation is 1. The van der Waals surface area contributed by atoms with Gasteiger partial charge < -0.3 is 4.74 Å². The van der Waals surface area contributed by atoms with Crippen molar-refractivity contribution in [2.45, 2.75) is 26.9 Å². The van der Waals surface area contributed by atoms with Gasteiger partial charge in [-0.05, 0) is 62.2 Å². The Kier molecular flexibility index (Phi) is 5.92. The van der Waals surface area contributed by atoms with Gasteiger partial charge in [0.15, 0.2) is 6.10 Å². The SMILES string of the molecule is Cc1cccc(OC(C)C(=O)NNC(=O)c2cncn2-c2ccc(F)cc2)c1C. The lowest BCUT2D eigenvalue weighted by Crippen LogP contribution is -2.47. The van der Waals surface area contributed by atoms with Crippen LogP contribution in [0.5, 0.6) is 5.75 Å². The first-order valence-corrected chi connectivity index (χ1v) is 8.98. The summed E-state index contributed by atoms with van der Waals surface area (Å²) in [6.07, 6.45) is 1.95. The first-order chi connectivity index (χ1) is 13.9. The average molecular weight is 396 g/mol. The Labute approximate surface area is 167 Å². The largest absolute Gasteiger partial charge is 0.481 e. The highest BCUT2D eigenvalue weighted by molar-refractivity contribution is 5.94. The molecule has 1 heterocycles. The summed E-state index contributed by atoms with van der Waals surface area (Å²) < 4.78 is 20.3. The van der Waals surface area contributed by atoms with Crippen LogP contribution in [0.1, 0.15) is 28.5 Å². The molecule has 29 heavy (non-hydrogen) atoms. The minimum Gasteiger partial charge on any atom is -0.481 e. The third kappa shape index (κ3) is 4.60. The summed E-state index contributed by atoms with van der Waals surface area (Å²) in [5, 5.41) is 0. The molecule has 0 saturated heterocycles. The molecule has 8 heteroatoms. The summed E-state index contributed by atoms with van der Waals surface area (Å²) in [6.45, 7) is 5.46. The molecule has 2 aromatic carbocycles. The van der Waals surface area contributed by atoms with Gasteiger partial charge >= 0.3 is 0 Å². The van der Waals surface area contributed by atoms with E-state index in [0.717, 1.165) is 11.1 Å². The monoisotopic (exact) mass is 396 g/mol. The van der Waals surface area contributed by atoms with Crippen LogP contribution < -0.4 is 15.6 Å². The first kappa shape index (κ1) is 20.1. The number of hydrogen-bond donors (Lipinski definition) is 2. The molecule has 0 bridgehead atoms. The minimum atomic E-state index is -0.821. The number of amides is 2. The number of benzene rings is 2. The van der Waals surface area contributed by atoms with Crippen molar-refractivity contribution in [3.8, 4) is 11.4 Å². The predicted molar refractivity (Wildman–Crippen MR) is 105 cm³/mol. The topological polar surface area (TPSA) is 85.2 Å². The van der Waals surface area contributed by atoms with Crippen LogP contribution >= 0.6 is 0 Å². The molecule has 7 nitrogen and oxygen atoms in total. The minimum absolute atomic E-state index is 0.181. The van der Waals surface area contributed by atoms with Crippen molar-refractivity contribution >= 4 is 11.8 Å². The number of carbonyl (C=O) groups excluding carboxylic acids is 2. The van der Waals surface area contributed by atoms with Gasteiger partial charge in [0.05, 0.1) is 12.5 Å². The number of rotatable bonds is 5. The summed E-state index contributed by atoms with van der Waals surface area (Å²) in [6, 6.07) is 11.2. The van der Waals surface area contributed by atoms with Gasteiger partial charge in [-0.15, -0.1) is 0 Å². The highest BCUT2D eigenvalue weighted by Crippen LogP contribution is 2.21. The molecular formula is C21H21FN4O3. The highest BCUT2D eigenvalue weighted by Gasteiger charge is 2.19. The lowest BCUT2D eigenvalue weighted by Gasteiger charge is -2.17. The Balaban J connectivity index is 1.62. The van der Waals surface area contributed by atoms with Gasteiger partial charge in [0.2, 0.25) is 0 Å². The standard InChI is InChI=1S/C21H21FN4O3/c1-13-5-4-6-19(14(13)2)29-15(3)20(27)24-25-21(28)18-11-23-12-26(18)17-9-7-16(22)8-10-17/h4-12,15H,1-3H3,(H,24,27)(H,25,28). The van der Waals surface area contributed by atoms with Gasteiger partial charge in [0.25, 0.3) is 11.8 Å². The van der Waals surface area contributed by atoms with Gasteiger partial charge in [-0.3, -0.25) is 25.0 Å². The van der Waals surface area contributed by atoms with E-state index in [1.807, 2.05) is 26.0 Å². The molecule has 0 spiro atoms. The van der Waals surface area contributed by atoms with Crippen molar-refractivity contribution < 1.29 is 18.7 Å². The second-order valence-electron chi connectivity index (χ2n) is 6.53. The summed E-state index contributed by atoms with van der Waals surface area (Å²) in [5.41, 5.74) is 7.43. The van der Waals surface area contributed by atoms with Crippen LogP contribution in [-0.4, -0.2) is 27.5 Å². The summed E-state index contributed by atoms with van der Waals surface area (Å²) in [5.74, 6) is -0.857. The molecule has 3 aromatic rings. The molecule has 1 atom stereocenters. The predicted octanol–water partition coefficient (Wildman–Crippen LogP) is 2.86. The second kappa shape index (κ2) is 8.55. The third-order valence-electron chi connectivity index (χ3n) is 4.50. The zero-order valence-electron chi connectivity index (χ0n) is 16.3. The van der Waals surface area contributed by atoms with Gasteiger partial charge in [-0.1, -0.05) is 12.1 Å². The quantitative estimate of drug-likeness (QED) is 0.650. The fourth-order valence-electron chi connectivity index (χ4n) is 2.65. The normalized spacial score (nSPS) is 11.6. The van der Waals surface area contributed by atoms with E-state index in [4.69, 9.17) is 4.74 Å². The Hall–Kier alpha value is -3.68. The summed E-state index contributed by atoms with van der Waals surface area (Å²) >= 11 is 0. The lowest BCUT2D eigenvalue weighted by atomic mass is 10.1. The Morgan fingerprint density at radius 3 is 2.55 bits per heavy atom. The molecule has 2 N–H and O–H groups in total. The van der Waals surface area contributed by atoms with Crippen LogP contribution in [-0.2, 0) is 4.79 Å². The molecule has 150 valence electrons. The zero-order valence-corrected chi connectivity index (χ0v) is 16.3. The molecule has 0 aliphatic rings. The van der Waals surface area contributed by atoms with E-state index in [1.165, 1.54) is 41.4 Å². The lowest BCUT2D eigenvalue weighted by molar-refractivity contribution is -0.128. The Morgan fingerprint density at radius 2 is 1.83 bits per heavy atom. The summed E-state index contributed by atoms with van der Waals surface area (Å²) in [4.78, 5) is 28.7. The number of aromatic nitrogens is 2. The van der Waals surface area contributed by atoms with Crippen LogP contribution in [0.2, 0.25) is 0 Å². The van der Waals surface area contributed by atoms with Gasteiger partial charge in [-0.2, -0.15) is 0 Å². The number of ether oxygens (including phenoxy) is 1. The average Bonchev–Trinajstić information content (AvgIpc) is 3.19. The van der Waals surface area contributed by atoms with Crippen molar-refractivity contribution in [1.29, 1.82) is 0 Å². The maximum atomic E-state index is 13.1. The van der Waals surface area contributed by atoms with Crippen molar-refractivity contribution in [1.82, 2.24) is 20.4 Å². The maximum absolute atomic E-state index is 13.1. The van der Waals surface area contributed by atoms with E-state index in [0.29, 0.717) is 11.4 Å². The number of hydrazine groups is 1. The molecule has 0 radical (unpaired) electrons. The molecule has 0 saturated carbocycles. The van der Waals surface area contributed by atoms with Crippen molar-refractivity contribution in [2.24, 2.45) is 0 Å². The Bertz CT molecular complexity index is 1030. The highest BCUT2D eigenvalue weighted by atomic mass is 19.1. The fraction of sp³-hybridized carbons (Fsp3) is 0.190. The molecule has 1 aromatic heterocycles. The van der Waals surface area contributed by atoms with E-state index >= 15 is 0 Å². The maximum Gasteiger partial charge on any atom is 0.288 e. The van der Waals surface area contributed by atoms with Gasteiger partial charge in [0, 0.05) is 5.69 Å². The number of imidazole rings is 1. The number of hydrogen-bond acceptors (Lipinski definition) is 4. The molecule has 0 aliphatic heterocycles. The first-order valence-electron chi connectivity index (χ1n) is 8.98. The molecular weight excluding hydrogens is 375 g/mol. The van der Waals surface area contributed by atoms with E-state index in [2.05, 4.69) is 15.8 Å². The third-order valence-corrected chi connectivity index (χ3v) is 4.50. The van der Waals surface area contributed by atoms with E-state index < -0.39 is 17.9 Å². The van der Waals surface area contributed by atoms with E-state index in [1.54, 1.807) is 13.0 Å². The van der Waals surface area contributed by atoms with Crippen molar-refractivity contribution in [3.63, 3.8) is 0 Å². The number of carbonyl (C=O) groups is 2. The van der Waals surface area contributed by atoms with Crippen LogP contribution in [0.15, 0.2) is 55.0 Å². The zero-order chi connectivity index (χ0) is 21.0. The molecule has 0 aliphatic carbocycles. The Morgan fingerprint density at radius 1 is 1.10 bits per heavy atom. The van der Waals surface area contributed by atoms with E-state index in [9.17, 15) is 14.0 Å². The second-order valence-corrected chi connectivity index (χ2v) is 6.53.